The summed E-state index contributed by atoms with van der Waals surface area (Å²) < 4.78 is 46.7. The summed E-state index contributed by atoms with van der Waals surface area (Å²) in [5.41, 5.74) is 1.49. The molecule has 1 aliphatic heterocycles. The number of hydrogen-bond donors (Lipinski definition) is 1. The van der Waals surface area contributed by atoms with Crippen LogP contribution in [0.15, 0.2) is 77.7 Å². The zero-order valence-electron chi connectivity index (χ0n) is 17.7. The quantitative estimate of drug-likeness (QED) is 0.556. The lowest BCUT2D eigenvalue weighted by atomic mass is 10.2. The number of esters is 1. The summed E-state index contributed by atoms with van der Waals surface area (Å²) in [4.78, 5) is 24.8. The second kappa shape index (κ2) is 9.03. The average molecular weight is 469 g/mol. The van der Waals surface area contributed by atoms with Gasteiger partial charge in [-0.2, -0.15) is 0 Å². The van der Waals surface area contributed by atoms with Crippen molar-refractivity contribution in [3.63, 3.8) is 0 Å². The molecule has 1 aliphatic rings. The summed E-state index contributed by atoms with van der Waals surface area (Å²) in [5.74, 6) is -2.21. The maximum atomic E-state index is 13.7. The van der Waals surface area contributed by atoms with Crippen LogP contribution in [0.2, 0.25) is 0 Å². The van der Waals surface area contributed by atoms with Gasteiger partial charge in [0.15, 0.2) is 6.10 Å². The van der Waals surface area contributed by atoms with E-state index in [1.165, 1.54) is 53.7 Å². The zero-order valence-corrected chi connectivity index (χ0v) is 18.5. The Morgan fingerprint density at radius 2 is 1.76 bits per heavy atom. The molecular weight excluding hydrogens is 447 g/mol. The smallest absolute Gasteiger partial charge is 0.338 e. The summed E-state index contributed by atoms with van der Waals surface area (Å²) in [6.45, 7) is 1.65. The Balaban J connectivity index is 1.49. The molecule has 0 bridgehead atoms. The van der Waals surface area contributed by atoms with Crippen molar-refractivity contribution in [2.45, 2.75) is 24.3 Å². The van der Waals surface area contributed by atoms with Crippen LogP contribution in [0, 0.1) is 5.82 Å². The van der Waals surface area contributed by atoms with Gasteiger partial charge in [-0.3, -0.25) is 9.10 Å². The minimum atomic E-state index is -3.89. The molecule has 1 heterocycles. The number of rotatable bonds is 6. The number of nitrogens with one attached hydrogen (secondary N) is 1. The molecule has 0 spiro atoms. The first-order valence-electron chi connectivity index (χ1n) is 10.2. The average Bonchev–Trinajstić information content (AvgIpc) is 3.25. The molecule has 0 saturated carbocycles. The van der Waals surface area contributed by atoms with Crippen molar-refractivity contribution < 1.29 is 27.1 Å². The molecule has 1 atom stereocenters. The second-order valence-corrected chi connectivity index (χ2v) is 9.36. The van der Waals surface area contributed by atoms with Crippen LogP contribution in [0.5, 0.6) is 0 Å². The van der Waals surface area contributed by atoms with Crippen molar-refractivity contribution in [3.8, 4) is 0 Å². The van der Waals surface area contributed by atoms with Crippen molar-refractivity contribution >= 4 is 33.3 Å². The van der Waals surface area contributed by atoms with E-state index in [4.69, 9.17) is 4.74 Å². The van der Waals surface area contributed by atoms with Gasteiger partial charge in [0, 0.05) is 6.54 Å². The lowest BCUT2D eigenvalue weighted by Crippen LogP contribution is -2.31. The van der Waals surface area contributed by atoms with Crippen LogP contribution in [0.4, 0.5) is 15.8 Å². The molecule has 170 valence electrons. The Hall–Kier alpha value is -3.72. The van der Waals surface area contributed by atoms with E-state index in [9.17, 15) is 22.4 Å². The van der Waals surface area contributed by atoms with Crippen molar-refractivity contribution in [2.75, 3.05) is 16.2 Å². The SMILES string of the molecule is CC(OC(=O)c1cccc(S(=O)(=O)N2CCc3ccccc32)c1)C(=O)Nc1ccccc1F. The van der Waals surface area contributed by atoms with Gasteiger partial charge in [0.25, 0.3) is 15.9 Å². The molecule has 4 rings (SSSR count). The highest BCUT2D eigenvalue weighted by Crippen LogP contribution is 2.32. The van der Waals surface area contributed by atoms with Gasteiger partial charge in [-0.15, -0.1) is 0 Å². The van der Waals surface area contributed by atoms with Crippen LogP contribution in [-0.4, -0.2) is 32.9 Å². The van der Waals surface area contributed by atoms with Gasteiger partial charge in [0.2, 0.25) is 0 Å². The minimum Gasteiger partial charge on any atom is -0.449 e. The molecule has 0 aromatic heterocycles. The predicted octanol–water partition coefficient (Wildman–Crippen LogP) is 3.76. The van der Waals surface area contributed by atoms with Crippen LogP contribution in [0.1, 0.15) is 22.8 Å². The summed E-state index contributed by atoms with van der Waals surface area (Å²) in [6.07, 6.45) is -0.631. The van der Waals surface area contributed by atoms with Crippen molar-refractivity contribution in [2.24, 2.45) is 0 Å². The zero-order chi connectivity index (χ0) is 23.6. The van der Waals surface area contributed by atoms with E-state index in [2.05, 4.69) is 5.32 Å². The minimum absolute atomic E-state index is 0.0194. The largest absolute Gasteiger partial charge is 0.449 e. The summed E-state index contributed by atoms with van der Waals surface area (Å²) in [5, 5.41) is 2.36. The van der Waals surface area contributed by atoms with E-state index < -0.39 is 33.8 Å². The highest BCUT2D eigenvalue weighted by Gasteiger charge is 2.31. The molecular formula is C24H21FN2O5S. The Labute approximate surface area is 190 Å². The fourth-order valence-electron chi connectivity index (χ4n) is 3.55. The third kappa shape index (κ3) is 4.58. The van der Waals surface area contributed by atoms with Gasteiger partial charge in [-0.1, -0.05) is 36.4 Å². The van der Waals surface area contributed by atoms with Crippen LogP contribution < -0.4 is 9.62 Å². The standard InChI is InChI=1S/C24H21FN2O5S/c1-16(23(28)26-21-11-4-3-10-20(21)25)32-24(29)18-8-6-9-19(15-18)33(30,31)27-14-13-17-7-2-5-12-22(17)27/h2-12,15-16H,13-14H2,1H3,(H,26,28). The van der Waals surface area contributed by atoms with Gasteiger partial charge in [-0.25, -0.2) is 17.6 Å². The van der Waals surface area contributed by atoms with E-state index in [0.29, 0.717) is 18.7 Å². The predicted molar refractivity (Wildman–Crippen MR) is 121 cm³/mol. The number of benzene rings is 3. The van der Waals surface area contributed by atoms with E-state index in [1.807, 2.05) is 12.1 Å². The number of carbonyl (C=O) groups is 2. The number of para-hydroxylation sites is 2. The maximum Gasteiger partial charge on any atom is 0.338 e. The molecule has 3 aromatic rings. The number of halogens is 1. The summed E-state index contributed by atoms with van der Waals surface area (Å²) in [7, 11) is -3.89. The fraction of sp³-hybridized carbons (Fsp3) is 0.167. The van der Waals surface area contributed by atoms with Crippen LogP contribution in [-0.2, 0) is 26.0 Å². The molecule has 1 N–H and O–H groups in total. The molecule has 9 heteroatoms. The molecule has 0 fully saturated rings. The lowest BCUT2D eigenvalue weighted by Gasteiger charge is -2.20. The van der Waals surface area contributed by atoms with Crippen molar-refractivity contribution in [1.82, 2.24) is 0 Å². The molecule has 3 aromatic carbocycles. The third-order valence-corrected chi connectivity index (χ3v) is 7.10. The number of amides is 1. The van der Waals surface area contributed by atoms with E-state index >= 15 is 0 Å². The number of sulfonamides is 1. The number of ether oxygens (including phenoxy) is 1. The number of nitrogens with zero attached hydrogens (tertiary/aromatic N) is 1. The normalized spacial score (nSPS) is 13.8. The number of hydrogen-bond acceptors (Lipinski definition) is 5. The topological polar surface area (TPSA) is 92.8 Å². The van der Waals surface area contributed by atoms with E-state index in [-0.39, 0.29) is 16.1 Å². The molecule has 0 saturated heterocycles. The summed E-state index contributed by atoms with van der Waals surface area (Å²) in [6, 6.07) is 18.3. The monoisotopic (exact) mass is 468 g/mol. The molecule has 1 unspecified atom stereocenters. The van der Waals surface area contributed by atoms with Crippen molar-refractivity contribution in [3.05, 3.63) is 89.7 Å². The highest BCUT2D eigenvalue weighted by atomic mass is 32.2. The Bertz CT molecular complexity index is 1330. The fourth-order valence-corrected chi connectivity index (χ4v) is 5.10. The van der Waals surface area contributed by atoms with E-state index in [0.717, 1.165) is 5.56 Å². The first kappa shape index (κ1) is 22.5. The molecule has 0 aliphatic carbocycles. The number of carbonyl (C=O) groups excluding carboxylic acids is 2. The first-order valence-corrected chi connectivity index (χ1v) is 11.7. The summed E-state index contributed by atoms with van der Waals surface area (Å²) >= 11 is 0. The van der Waals surface area contributed by atoms with Gasteiger partial charge in [0.1, 0.15) is 5.82 Å². The molecule has 33 heavy (non-hydrogen) atoms. The van der Waals surface area contributed by atoms with Gasteiger partial charge >= 0.3 is 5.97 Å². The van der Waals surface area contributed by atoms with Crippen LogP contribution in [0.25, 0.3) is 0 Å². The molecule has 7 nitrogen and oxygen atoms in total. The second-order valence-electron chi connectivity index (χ2n) is 7.50. The highest BCUT2D eigenvalue weighted by molar-refractivity contribution is 7.92. The Morgan fingerprint density at radius 1 is 1.03 bits per heavy atom. The third-order valence-electron chi connectivity index (χ3n) is 5.29. The van der Waals surface area contributed by atoms with Gasteiger partial charge in [-0.05, 0) is 55.3 Å². The molecule has 1 amide bonds. The Kier molecular flexibility index (Phi) is 6.15. The van der Waals surface area contributed by atoms with Gasteiger partial charge < -0.3 is 10.1 Å². The first-order chi connectivity index (χ1) is 15.8. The van der Waals surface area contributed by atoms with Crippen LogP contribution in [0.3, 0.4) is 0 Å². The van der Waals surface area contributed by atoms with Crippen LogP contribution >= 0.6 is 0 Å². The number of fused-ring (bicyclic) bond motifs is 1. The lowest BCUT2D eigenvalue weighted by molar-refractivity contribution is -0.123. The van der Waals surface area contributed by atoms with Crippen molar-refractivity contribution in [1.29, 1.82) is 0 Å². The van der Waals surface area contributed by atoms with E-state index in [1.54, 1.807) is 18.2 Å². The Morgan fingerprint density at radius 3 is 2.55 bits per heavy atom. The maximum absolute atomic E-state index is 13.7. The number of anilines is 2. The molecule has 0 radical (unpaired) electrons. The van der Waals surface area contributed by atoms with Gasteiger partial charge in [0.05, 0.1) is 21.8 Å².